The van der Waals surface area contributed by atoms with E-state index < -0.39 is 17.7 Å². The van der Waals surface area contributed by atoms with Gasteiger partial charge in [0.05, 0.1) is 19.1 Å². The van der Waals surface area contributed by atoms with Crippen LogP contribution in [-0.2, 0) is 16.1 Å². The second kappa shape index (κ2) is 8.80. The predicted octanol–water partition coefficient (Wildman–Crippen LogP) is 5.29. The molecule has 0 spiro atoms. The Morgan fingerprint density at radius 1 is 0.912 bits per heavy atom. The maximum atomic E-state index is 13.3. The van der Waals surface area contributed by atoms with Gasteiger partial charge < -0.3 is 14.2 Å². The lowest BCUT2D eigenvalue weighted by molar-refractivity contribution is -0.140. The van der Waals surface area contributed by atoms with Gasteiger partial charge in [-0.05, 0) is 23.8 Å². The molecule has 0 aromatic heterocycles. The number of carbonyl (C=O) groups is 3. The van der Waals surface area contributed by atoms with Crippen LogP contribution in [0.5, 0.6) is 11.5 Å². The molecule has 0 radical (unpaired) electrons. The van der Waals surface area contributed by atoms with Crippen molar-refractivity contribution < 1.29 is 28.6 Å². The quantitative estimate of drug-likeness (QED) is 0.467. The van der Waals surface area contributed by atoms with Crippen molar-refractivity contribution in [2.24, 2.45) is 0 Å². The maximum Gasteiger partial charge on any atom is 0.312 e. The van der Waals surface area contributed by atoms with E-state index in [1.54, 1.807) is 48.5 Å². The average molecular weight is 475 g/mol. The normalized spacial score (nSPS) is 17.1. The molecule has 6 nitrogen and oxygen atoms in total. The molecule has 1 atom stereocenters. The third-order valence-electron chi connectivity index (χ3n) is 5.98. The number of methoxy groups -OCH3 is 1. The van der Waals surface area contributed by atoms with Crippen LogP contribution in [0.4, 0.5) is 0 Å². The fourth-order valence-corrected chi connectivity index (χ4v) is 4.48. The number of allylic oxidation sites excluding steroid dienone is 2. The summed E-state index contributed by atoms with van der Waals surface area (Å²) in [7, 11) is 1.51. The number of Topliss-reactive ketones (excluding diaryl/α,β-unsaturated/α-hetero) is 2. The molecule has 0 N–H and O–H groups in total. The van der Waals surface area contributed by atoms with Crippen molar-refractivity contribution in [3.8, 4) is 11.5 Å². The number of rotatable bonds is 5. The Hall–Kier alpha value is -3.90. The molecule has 1 heterocycles. The maximum absolute atomic E-state index is 13.3. The topological polar surface area (TPSA) is 78.9 Å². The van der Waals surface area contributed by atoms with Gasteiger partial charge in [-0.15, -0.1) is 0 Å². The number of ether oxygens (including phenoxy) is 3. The molecule has 0 bridgehead atoms. The molecule has 5 rings (SSSR count). The molecule has 0 fully saturated rings. The van der Waals surface area contributed by atoms with E-state index in [-0.39, 0.29) is 35.7 Å². The van der Waals surface area contributed by atoms with Crippen molar-refractivity contribution in [2.45, 2.75) is 18.9 Å². The number of halogens is 1. The van der Waals surface area contributed by atoms with Crippen LogP contribution < -0.4 is 9.47 Å². The van der Waals surface area contributed by atoms with Crippen molar-refractivity contribution in [2.75, 3.05) is 7.11 Å². The Labute approximate surface area is 200 Å². The highest BCUT2D eigenvalue weighted by Crippen LogP contribution is 2.43. The van der Waals surface area contributed by atoms with Gasteiger partial charge in [-0.2, -0.15) is 0 Å². The summed E-state index contributed by atoms with van der Waals surface area (Å²) in [6.45, 7) is 0.240. The van der Waals surface area contributed by atoms with Crippen LogP contribution in [0.25, 0.3) is 0 Å². The van der Waals surface area contributed by atoms with Crippen LogP contribution in [0.2, 0.25) is 5.02 Å². The van der Waals surface area contributed by atoms with Crippen molar-refractivity contribution >= 4 is 29.1 Å². The summed E-state index contributed by atoms with van der Waals surface area (Å²) in [4.78, 5) is 38.7. The zero-order chi connectivity index (χ0) is 23.8. The molecule has 0 saturated carbocycles. The largest absolute Gasteiger partial charge is 0.493 e. The molecule has 7 heteroatoms. The summed E-state index contributed by atoms with van der Waals surface area (Å²) < 4.78 is 16.7. The molecule has 2 aliphatic rings. The average Bonchev–Trinajstić information content (AvgIpc) is 2.86. The third-order valence-corrected chi connectivity index (χ3v) is 6.35. The first-order chi connectivity index (χ1) is 16.5. The van der Waals surface area contributed by atoms with Gasteiger partial charge in [-0.1, -0.05) is 60.1 Å². The SMILES string of the molecule is COc1cc([C@@H]2CC(=O)OC3=C2C(=O)c2ccccc2C3=O)ccc1OCc1ccccc1Cl. The summed E-state index contributed by atoms with van der Waals surface area (Å²) >= 11 is 6.21. The molecular formula is C27H19ClO6. The lowest BCUT2D eigenvalue weighted by Crippen LogP contribution is -2.32. The Bertz CT molecular complexity index is 1370. The highest BCUT2D eigenvalue weighted by molar-refractivity contribution is 6.31. The Morgan fingerprint density at radius 2 is 1.62 bits per heavy atom. The monoisotopic (exact) mass is 474 g/mol. The molecule has 0 unspecified atom stereocenters. The fraction of sp³-hybridized carbons (Fsp3) is 0.148. The molecule has 170 valence electrons. The summed E-state index contributed by atoms with van der Waals surface area (Å²) in [6.07, 6.45) is -0.0665. The molecule has 1 aliphatic carbocycles. The van der Waals surface area contributed by atoms with Gasteiger partial charge in [-0.3, -0.25) is 14.4 Å². The number of esters is 1. The van der Waals surface area contributed by atoms with Gasteiger partial charge in [-0.25, -0.2) is 0 Å². The molecule has 34 heavy (non-hydrogen) atoms. The summed E-state index contributed by atoms with van der Waals surface area (Å²) in [5, 5.41) is 0.596. The van der Waals surface area contributed by atoms with Crippen LogP contribution in [0, 0.1) is 0 Å². The highest BCUT2D eigenvalue weighted by atomic mass is 35.5. The van der Waals surface area contributed by atoms with E-state index in [1.807, 2.05) is 18.2 Å². The van der Waals surface area contributed by atoms with Gasteiger partial charge in [0.2, 0.25) is 5.78 Å². The van der Waals surface area contributed by atoms with Crippen molar-refractivity contribution in [1.29, 1.82) is 0 Å². The number of carbonyl (C=O) groups excluding carboxylic acids is 3. The lowest BCUT2D eigenvalue weighted by Gasteiger charge is -2.30. The van der Waals surface area contributed by atoms with Crippen molar-refractivity contribution in [3.63, 3.8) is 0 Å². The van der Waals surface area contributed by atoms with E-state index in [2.05, 4.69) is 0 Å². The minimum absolute atomic E-state index is 0.0665. The van der Waals surface area contributed by atoms with Crippen LogP contribution in [0.3, 0.4) is 0 Å². The number of hydrogen-bond acceptors (Lipinski definition) is 6. The second-order valence-electron chi connectivity index (χ2n) is 7.97. The molecule has 1 aliphatic heterocycles. The van der Waals surface area contributed by atoms with Gasteiger partial charge in [0.1, 0.15) is 6.61 Å². The van der Waals surface area contributed by atoms with E-state index in [4.69, 9.17) is 25.8 Å². The Kier molecular flexibility index (Phi) is 5.67. The standard InChI is InChI=1S/C27H19ClO6/c1-32-22-12-15(10-11-21(22)33-14-16-6-2-5-9-20(16)28)19-13-23(29)34-27-24(19)25(30)17-7-3-4-8-18(17)26(27)31/h2-12,19H,13-14H2,1H3/t19-/m0/s1. The summed E-state index contributed by atoms with van der Waals surface area (Å²) in [5.74, 6) is -1.27. The van der Waals surface area contributed by atoms with Crippen LogP contribution in [0.1, 0.15) is 44.2 Å². The molecule has 3 aromatic carbocycles. The summed E-state index contributed by atoms with van der Waals surface area (Å²) in [6, 6.07) is 19.1. The third kappa shape index (κ3) is 3.76. The first-order valence-electron chi connectivity index (χ1n) is 10.7. The molecule has 0 amide bonds. The molecular weight excluding hydrogens is 456 g/mol. The zero-order valence-corrected chi connectivity index (χ0v) is 18.9. The van der Waals surface area contributed by atoms with Crippen molar-refractivity contribution in [3.05, 3.63) is 105 Å². The van der Waals surface area contributed by atoms with E-state index in [9.17, 15) is 14.4 Å². The van der Waals surface area contributed by atoms with Gasteiger partial charge in [0.15, 0.2) is 23.0 Å². The number of benzene rings is 3. The summed E-state index contributed by atoms with van der Waals surface area (Å²) in [5.41, 5.74) is 2.20. The lowest BCUT2D eigenvalue weighted by atomic mass is 9.77. The number of ketones is 2. The van der Waals surface area contributed by atoms with E-state index in [0.717, 1.165) is 5.56 Å². The van der Waals surface area contributed by atoms with Crippen LogP contribution in [0.15, 0.2) is 78.1 Å². The minimum atomic E-state index is -0.646. The van der Waals surface area contributed by atoms with Crippen LogP contribution in [-0.4, -0.2) is 24.6 Å². The number of fused-ring (bicyclic) bond motifs is 1. The molecule has 0 saturated heterocycles. The Morgan fingerprint density at radius 3 is 2.35 bits per heavy atom. The van der Waals surface area contributed by atoms with E-state index in [1.165, 1.54) is 7.11 Å². The second-order valence-corrected chi connectivity index (χ2v) is 8.37. The zero-order valence-electron chi connectivity index (χ0n) is 18.2. The van der Waals surface area contributed by atoms with Crippen LogP contribution >= 0.6 is 11.6 Å². The molecule has 3 aromatic rings. The first-order valence-corrected chi connectivity index (χ1v) is 11.0. The van der Waals surface area contributed by atoms with Crippen molar-refractivity contribution in [1.82, 2.24) is 0 Å². The Balaban J connectivity index is 1.50. The first kappa shape index (κ1) is 21.9. The predicted molar refractivity (Wildman–Crippen MR) is 124 cm³/mol. The van der Waals surface area contributed by atoms with Gasteiger partial charge in [0.25, 0.3) is 0 Å². The van der Waals surface area contributed by atoms with Gasteiger partial charge in [0, 0.05) is 27.6 Å². The number of hydrogen-bond donors (Lipinski definition) is 0. The highest BCUT2D eigenvalue weighted by Gasteiger charge is 2.43. The van der Waals surface area contributed by atoms with E-state index in [0.29, 0.717) is 27.6 Å². The fourth-order valence-electron chi connectivity index (χ4n) is 4.29. The smallest absolute Gasteiger partial charge is 0.312 e. The minimum Gasteiger partial charge on any atom is -0.493 e. The van der Waals surface area contributed by atoms with Gasteiger partial charge >= 0.3 is 5.97 Å². The van der Waals surface area contributed by atoms with E-state index >= 15 is 0 Å².